The quantitative estimate of drug-likeness (QED) is 0.456. The summed E-state index contributed by atoms with van der Waals surface area (Å²) in [5.74, 6) is 0.00726. The average Bonchev–Trinajstić information content (AvgIpc) is 2.87. The van der Waals surface area contributed by atoms with Gasteiger partial charge in [-0.1, -0.05) is 66.2 Å². The first-order valence-electron chi connectivity index (χ1n) is 11.3. The van der Waals surface area contributed by atoms with E-state index in [0.29, 0.717) is 43.3 Å². The van der Waals surface area contributed by atoms with Gasteiger partial charge in [0.2, 0.25) is 5.91 Å². The van der Waals surface area contributed by atoms with E-state index in [1.54, 1.807) is 17.9 Å². The van der Waals surface area contributed by atoms with Crippen molar-refractivity contribution in [2.75, 3.05) is 13.1 Å². The predicted molar refractivity (Wildman–Crippen MR) is 131 cm³/mol. The lowest BCUT2D eigenvalue weighted by Crippen LogP contribution is -2.56. The Labute approximate surface area is 205 Å². The van der Waals surface area contributed by atoms with Gasteiger partial charge in [0.15, 0.2) is 0 Å². The summed E-state index contributed by atoms with van der Waals surface area (Å²) >= 11 is 6.19. The van der Waals surface area contributed by atoms with Gasteiger partial charge in [0.1, 0.15) is 11.7 Å². The van der Waals surface area contributed by atoms with E-state index in [9.17, 15) is 10.1 Å². The number of hydrogen-bond donors (Lipinski definition) is 0. The van der Waals surface area contributed by atoms with Gasteiger partial charge in [0.05, 0.1) is 31.4 Å². The molecule has 2 atom stereocenters. The molecule has 0 bridgehead atoms. The van der Waals surface area contributed by atoms with Crippen molar-refractivity contribution in [3.05, 3.63) is 106 Å². The molecular weight excluding hydrogens is 448 g/mol. The highest BCUT2D eigenvalue weighted by molar-refractivity contribution is 6.30. The lowest BCUT2D eigenvalue weighted by Gasteiger charge is -2.47. The third-order valence-electron chi connectivity index (χ3n) is 6.28. The minimum absolute atomic E-state index is 0.00726. The van der Waals surface area contributed by atoms with Crippen LogP contribution in [-0.2, 0) is 33.1 Å². The normalized spacial score (nSPS) is 20.0. The number of hydrogen-bond acceptors (Lipinski definition) is 4. The lowest BCUT2D eigenvalue weighted by molar-refractivity contribution is -0.195. The molecule has 6 heteroatoms. The minimum atomic E-state index is -0.765. The maximum Gasteiger partial charge on any atom is 0.219 e. The summed E-state index contributed by atoms with van der Waals surface area (Å²) in [4.78, 5) is 14.1. The van der Waals surface area contributed by atoms with Gasteiger partial charge in [-0.3, -0.25) is 4.79 Å². The van der Waals surface area contributed by atoms with Crippen LogP contribution in [0.25, 0.3) is 0 Å². The Morgan fingerprint density at radius 3 is 2.50 bits per heavy atom. The van der Waals surface area contributed by atoms with Crippen molar-refractivity contribution >= 4 is 17.5 Å². The second-order valence-corrected chi connectivity index (χ2v) is 8.93. The molecule has 0 N–H and O–H groups in total. The number of carbonyl (C=O) groups excluding carboxylic acids is 1. The Morgan fingerprint density at radius 2 is 1.79 bits per heavy atom. The van der Waals surface area contributed by atoms with Crippen LogP contribution >= 0.6 is 11.6 Å². The van der Waals surface area contributed by atoms with E-state index in [0.717, 1.165) is 16.7 Å². The third kappa shape index (κ3) is 5.48. The van der Waals surface area contributed by atoms with Gasteiger partial charge in [-0.25, -0.2) is 0 Å². The zero-order chi connectivity index (χ0) is 24.0. The van der Waals surface area contributed by atoms with Crippen LogP contribution in [-0.4, -0.2) is 30.0 Å². The summed E-state index contributed by atoms with van der Waals surface area (Å²) in [7, 11) is 0. The number of ether oxygens (including phenoxy) is 2. The number of nitrogens with zero attached hydrogens (tertiary/aromatic N) is 2. The molecule has 0 aromatic heterocycles. The van der Waals surface area contributed by atoms with Gasteiger partial charge in [-0.2, -0.15) is 5.26 Å². The van der Waals surface area contributed by atoms with Gasteiger partial charge < -0.3 is 14.4 Å². The van der Waals surface area contributed by atoms with Crippen LogP contribution in [0.15, 0.2) is 78.9 Å². The van der Waals surface area contributed by atoms with E-state index < -0.39 is 11.7 Å². The van der Waals surface area contributed by atoms with Crippen molar-refractivity contribution < 1.29 is 14.3 Å². The monoisotopic (exact) mass is 474 g/mol. The van der Waals surface area contributed by atoms with Crippen molar-refractivity contribution in [2.24, 2.45) is 0 Å². The largest absolute Gasteiger partial charge is 0.368 e. The highest BCUT2D eigenvalue weighted by Crippen LogP contribution is 2.40. The predicted octanol–water partition coefficient (Wildman–Crippen LogP) is 5.46. The second-order valence-electron chi connectivity index (χ2n) is 8.50. The van der Waals surface area contributed by atoms with Crippen LogP contribution in [0, 0.1) is 11.3 Å². The maximum absolute atomic E-state index is 12.2. The number of benzene rings is 3. The van der Waals surface area contributed by atoms with E-state index in [-0.39, 0.29) is 5.91 Å². The molecule has 0 spiro atoms. The van der Waals surface area contributed by atoms with Crippen LogP contribution in [0.5, 0.6) is 0 Å². The van der Waals surface area contributed by atoms with Gasteiger partial charge in [0, 0.05) is 24.9 Å². The number of piperidine rings is 1. The van der Waals surface area contributed by atoms with E-state index in [1.165, 1.54) is 0 Å². The molecule has 3 aromatic rings. The maximum atomic E-state index is 12.2. The van der Waals surface area contributed by atoms with Crippen LogP contribution in [0.3, 0.4) is 0 Å². The van der Waals surface area contributed by atoms with E-state index in [2.05, 4.69) is 6.07 Å². The van der Waals surface area contributed by atoms with Crippen molar-refractivity contribution in [2.45, 2.75) is 38.3 Å². The fourth-order valence-corrected chi connectivity index (χ4v) is 4.52. The number of halogens is 1. The number of rotatable bonds is 7. The Kier molecular flexibility index (Phi) is 7.64. The van der Waals surface area contributed by atoms with Crippen LogP contribution in [0.2, 0.25) is 5.02 Å². The van der Waals surface area contributed by atoms with Gasteiger partial charge in [0.25, 0.3) is 0 Å². The summed E-state index contributed by atoms with van der Waals surface area (Å²) in [6.07, 6.45) is 0.171. The average molecular weight is 475 g/mol. The molecule has 1 aliphatic heterocycles. The van der Waals surface area contributed by atoms with E-state index >= 15 is 0 Å². The molecule has 174 valence electrons. The highest BCUT2D eigenvalue weighted by atomic mass is 35.5. The van der Waals surface area contributed by atoms with Crippen LogP contribution in [0.4, 0.5) is 0 Å². The molecule has 0 aliphatic carbocycles. The molecule has 1 aliphatic rings. The fraction of sp³-hybridized carbons (Fsp3) is 0.286. The molecule has 1 saturated heterocycles. The Hall–Kier alpha value is -3.17. The number of amides is 1. The summed E-state index contributed by atoms with van der Waals surface area (Å²) in [5.41, 5.74) is 2.74. The summed E-state index contributed by atoms with van der Waals surface area (Å²) in [5, 5.41) is 9.89. The number of likely N-dealkylation sites (tertiary alicyclic amines) is 1. The molecule has 1 heterocycles. The molecule has 1 amide bonds. The van der Waals surface area contributed by atoms with Crippen molar-refractivity contribution in [3.63, 3.8) is 0 Å². The zero-order valence-electron chi connectivity index (χ0n) is 19.1. The number of nitriles is 1. The first kappa shape index (κ1) is 24.0. The molecule has 1 fully saturated rings. The SMILES string of the molecule is CC(=O)N1CC[C@](OCc2ccccc2)(c2ccc(Cl)cc2)[C@@H](OCc2cccc(C#N)c2)C1. The van der Waals surface area contributed by atoms with Gasteiger partial charge in [-0.05, 0) is 41.0 Å². The van der Waals surface area contributed by atoms with E-state index in [4.69, 9.17) is 21.1 Å². The topological polar surface area (TPSA) is 62.6 Å². The van der Waals surface area contributed by atoms with Gasteiger partial charge >= 0.3 is 0 Å². The Morgan fingerprint density at radius 1 is 1.06 bits per heavy atom. The molecular formula is C28H27ClN2O3. The Bertz CT molecular complexity index is 1160. The summed E-state index contributed by atoms with van der Waals surface area (Å²) in [6, 6.07) is 27.2. The minimum Gasteiger partial charge on any atom is -0.368 e. The van der Waals surface area contributed by atoms with Crippen molar-refractivity contribution in [1.82, 2.24) is 4.90 Å². The molecule has 0 radical (unpaired) electrons. The molecule has 5 nitrogen and oxygen atoms in total. The van der Waals surface area contributed by atoms with Crippen LogP contribution in [0.1, 0.15) is 35.6 Å². The fourth-order valence-electron chi connectivity index (χ4n) is 4.40. The Balaban J connectivity index is 1.67. The molecule has 0 unspecified atom stereocenters. The highest BCUT2D eigenvalue weighted by Gasteiger charge is 2.47. The first-order valence-corrected chi connectivity index (χ1v) is 11.7. The molecule has 4 rings (SSSR count). The second kappa shape index (κ2) is 10.8. The lowest BCUT2D eigenvalue weighted by atomic mass is 9.81. The zero-order valence-corrected chi connectivity index (χ0v) is 19.9. The smallest absolute Gasteiger partial charge is 0.219 e. The van der Waals surface area contributed by atoms with Crippen molar-refractivity contribution in [3.8, 4) is 6.07 Å². The molecule has 3 aromatic carbocycles. The van der Waals surface area contributed by atoms with Crippen molar-refractivity contribution in [1.29, 1.82) is 5.26 Å². The van der Waals surface area contributed by atoms with Gasteiger partial charge in [-0.15, -0.1) is 0 Å². The van der Waals surface area contributed by atoms with Crippen LogP contribution < -0.4 is 0 Å². The summed E-state index contributed by atoms with van der Waals surface area (Å²) in [6.45, 7) is 3.26. The van der Waals surface area contributed by atoms with E-state index in [1.807, 2.05) is 72.8 Å². The molecule has 0 saturated carbocycles. The molecule has 34 heavy (non-hydrogen) atoms. The third-order valence-corrected chi connectivity index (χ3v) is 6.54. The standard InChI is InChI=1S/C28H27ClN2O3/c1-21(32)31-15-14-28(25-10-12-26(29)13-11-25,34-20-22-6-3-2-4-7-22)27(18-31)33-19-24-9-5-8-23(16-24)17-30/h2-13,16,27H,14-15,18-20H2,1H3/t27-,28-/m0/s1. The first-order chi connectivity index (χ1) is 16.5. The number of carbonyl (C=O) groups is 1. The summed E-state index contributed by atoms with van der Waals surface area (Å²) < 4.78 is 13.2.